The molecule has 29 heavy (non-hydrogen) atoms. The molecule has 0 saturated carbocycles. The van der Waals surface area contributed by atoms with Gasteiger partial charge in [0.15, 0.2) is 0 Å². The maximum Gasteiger partial charge on any atom is 0.244 e. The predicted molar refractivity (Wildman–Crippen MR) is 112 cm³/mol. The number of nitrogens with one attached hydrogen (secondary N) is 1. The fourth-order valence-electron chi connectivity index (χ4n) is 3.22. The summed E-state index contributed by atoms with van der Waals surface area (Å²) in [7, 11) is 2.14. The van der Waals surface area contributed by atoms with Gasteiger partial charge in [0.25, 0.3) is 0 Å². The SMILES string of the molecule is COc1cccc([C@H](CNc2ccc(S(=O)(=O)N3CCOCC3)cn2)N(C)C)c1. The summed E-state index contributed by atoms with van der Waals surface area (Å²) in [6.07, 6.45) is 1.41. The Kier molecular flexibility index (Phi) is 7.07. The van der Waals surface area contributed by atoms with E-state index in [0.717, 1.165) is 11.3 Å². The Balaban J connectivity index is 1.68. The van der Waals surface area contributed by atoms with E-state index in [0.29, 0.717) is 38.7 Å². The first-order valence-electron chi connectivity index (χ1n) is 9.50. The molecule has 0 spiro atoms. The van der Waals surface area contributed by atoms with Crippen molar-refractivity contribution in [1.29, 1.82) is 0 Å². The van der Waals surface area contributed by atoms with Gasteiger partial charge < -0.3 is 19.7 Å². The van der Waals surface area contributed by atoms with E-state index in [1.807, 2.05) is 32.3 Å². The van der Waals surface area contributed by atoms with Crippen LogP contribution in [0, 0.1) is 0 Å². The minimum absolute atomic E-state index is 0.101. The van der Waals surface area contributed by atoms with Crippen LogP contribution in [-0.2, 0) is 14.8 Å². The highest BCUT2D eigenvalue weighted by Gasteiger charge is 2.26. The minimum Gasteiger partial charge on any atom is -0.497 e. The number of sulfonamides is 1. The highest BCUT2D eigenvalue weighted by atomic mass is 32.2. The van der Waals surface area contributed by atoms with Crippen molar-refractivity contribution in [2.45, 2.75) is 10.9 Å². The predicted octanol–water partition coefficient (Wildman–Crippen LogP) is 1.83. The van der Waals surface area contributed by atoms with E-state index < -0.39 is 10.0 Å². The number of hydrogen-bond acceptors (Lipinski definition) is 7. The van der Waals surface area contributed by atoms with Crippen LogP contribution < -0.4 is 10.1 Å². The van der Waals surface area contributed by atoms with Crippen molar-refractivity contribution in [2.75, 3.05) is 59.4 Å². The second-order valence-corrected chi connectivity index (χ2v) is 8.97. The second-order valence-electron chi connectivity index (χ2n) is 7.03. The van der Waals surface area contributed by atoms with Gasteiger partial charge in [-0.25, -0.2) is 13.4 Å². The normalized spacial score (nSPS) is 16.6. The molecule has 1 aliphatic heterocycles. The fourth-order valence-corrected chi connectivity index (χ4v) is 4.58. The van der Waals surface area contributed by atoms with Crippen LogP contribution in [0.1, 0.15) is 11.6 Å². The Morgan fingerprint density at radius 3 is 2.62 bits per heavy atom. The first kappa shape index (κ1) is 21.5. The number of likely N-dealkylation sites (N-methyl/N-ethyl adjacent to an activating group) is 1. The number of benzene rings is 1. The average molecular weight is 421 g/mol. The molecule has 1 aliphatic rings. The summed E-state index contributed by atoms with van der Waals surface area (Å²) in [5.74, 6) is 1.44. The molecule has 1 aromatic heterocycles. The zero-order chi connectivity index (χ0) is 20.9. The van der Waals surface area contributed by atoms with Crippen LogP contribution in [0.4, 0.5) is 5.82 Å². The molecule has 0 unspecified atom stereocenters. The third-order valence-corrected chi connectivity index (χ3v) is 6.80. The second kappa shape index (κ2) is 9.53. The molecule has 2 aromatic rings. The molecule has 0 amide bonds. The molecular formula is C20H28N4O4S. The van der Waals surface area contributed by atoms with E-state index in [1.54, 1.807) is 19.2 Å². The van der Waals surface area contributed by atoms with Gasteiger partial charge in [0.05, 0.1) is 26.4 Å². The van der Waals surface area contributed by atoms with Crippen molar-refractivity contribution in [3.63, 3.8) is 0 Å². The van der Waals surface area contributed by atoms with Crippen LogP contribution in [0.15, 0.2) is 47.5 Å². The Morgan fingerprint density at radius 2 is 2.00 bits per heavy atom. The summed E-state index contributed by atoms with van der Waals surface area (Å²) in [6.45, 7) is 2.19. The highest BCUT2D eigenvalue weighted by Crippen LogP contribution is 2.23. The third kappa shape index (κ3) is 5.24. The van der Waals surface area contributed by atoms with Crippen LogP contribution in [-0.4, -0.2) is 76.7 Å². The summed E-state index contributed by atoms with van der Waals surface area (Å²) >= 11 is 0. The number of aromatic nitrogens is 1. The lowest BCUT2D eigenvalue weighted by Gasteiger charge is -2.26. The lowest BCUT2D eigenvalue weighted by atomic mass is 10.1. The first-order chi connectivity index (χ1) is 13.9. The van der Waals surface area contributed by atoms with Crippen molar-refractivity contribution in [1.82, 2.24) is 14.2 Å². The molecule has 0 bridgehead atoms. The van der Waals surface area contributed by atoms with Crippen LogP contribution in [0.25, 0.3) is 0 Å². The van der Waals surface area contributed by atoms with E-state index in [9.17, 15) is 8.42 Å². The lowest BCUT2D eigenvalue weighted by molar-refractivity contribution is 0.0730. The van der Waals surface area contributed by atoms with Crippen molar-refractivity contribution in [3.05, 3.63) is 48.2 Å². The number of morpholine rings is 1. The largest absolute Gasteiger partial charge is 0.497 e. The van der Waals surface area contributed by atoms with Gasteiger partial charge in [0.2, 0.25) is 10.0 Å². The van der Waals surface area contributed by atoms with Gasteiger partial charge in [-0.3, -0.25) is 0 Å². The van der Waals surface area contributed by atoms with Crippen molar-refractivity contribution in [2.24, 2.45) is 0 Å². The summed E-state index contributed by atoms with van der Waals surface area (Å²) in [5.41, 5.74) is 1.12. The number of methoxy groups -OCH3 is 1. The molecule has 1 aromatic carbocycles. The van der Waals surface area contributed by atoms with Gasteiger partial charge in [0.1, 0.15) is 16.5 Å². The zero-order valence-electron chi connectivity index (χ0n) is 17.0. The fraction of sp³-hybridized carbons (Fsp3) is 0.450. The van der Waals surface area contributed by atoms with E-state index in [-0.39, 0.29) is 10.9 Å². The number of pyridine rings is 1. The standard InChI is InChI=1S/C20H28N4O4S/c1-23(2)19(16-5-4-6-17(13-16)27-3)15-22-20-8-7-18(14-21-20)29(25,26)24-9-11-28-12-10-24/h4-8,13-14,19H,9-12,15H2,1-3H3,(H,21,22)/t19-/m0/s1. The first-order valence-corrected chi connectivity index (χ1v) is 10.9. The lowest BCUT2D eigenvalue weighted by Crippen LogP contribution is -2.40. The maximum absolute atomic E-state index is 12.7. The summed E-state index contributed by atoms with van der Waals surface area (Å²) < 4.78 is 37.4. The third-order valence-electron chi connectivity index (χ3n) is 4.92. The van der Waals surface area contributed by atoms with Gasteiger partial charge in [0, 0.05) is 25.8 Å². The van der Waals surface area contributed by atoms with Gasteiger partial charge in [-0.1, -0.05) is 12.1 Å². The summed E-state index contributed by atoms with van der Waals surface area (Å²) in [6, 6.07) is 11.3. The topological polar surface area (TPSA) is 84.0 Å². The van der Waals surface area contributed by atoms with E-state index in [1.165, 1.54) is 10.5 Å². The van der Waals surface area contributed by atoms with Crippen LogP contribution in [0.2, 0.25) is 0 Å². The Morgan fingerprint density at radius 1 is 1.24 bits per heavy atom. The molecule has 3 rings (SSSR count). The van der Waals surface area contributed by atoms with Crippen LogP contribution >= 0.6 is 0 Å². The van der Waals surface area contributed by atoms with Crippen LogP contribution in [0.5, 0.6) is 5.75 Å². The number of hydrogen-bond donors (Lipinski definition) is 1. The monoisotopic (exact) mass is 420 g/mol. The quantitative estimate of drug-likeness (QED) is 0.697. The Labute approximate surface area is 172 Å². The summed E-state index contributed by atoms with van der Waals surface area (Å²) in [4.78, 5) is 6.61. The highest BCUT2D eigenvalue weighted by molar-refractivity contribution is 7.89. The van der Waals surface area contributed by atoms with Gasteiger partial charge in [-0.2, -0.15) is 4.31 Å². The van der Waals surface area contributed by atoms with Crippen molar-refractivity contribution in [3.8, 4) is 5.75 Å². The zero-order valence-corrected chi connectivity index (χ0v) is 17.9. The van der Waals surface area contributed by atoms with E-state index in [4.69, 9.17) is 9.47 Å². The van der Waals surface area contributed by atoms with Crippen molar-refractivity contribution < 1.29 is 17.9 Å². The molecule has 9 heteroatoms. The van der Waals surface area contributed by atoms with E-state index >= 15 is 0 Å². The minimum atomic E-state index is -3.53. The molecule has 2 heterocycles. The molecule has 0 aliphatic carbocycles. The molecule has 1 saturated heterocycles. The molecule has 1 atom stereocenters. The molecule has 1 N–H and O–H groups in total. The Bertz CT molecular complexity index is 897. The molecule has 1 fully saturated rings. The Hall–Kier alpha value is -2.20. The number of rotatable bonds is 8. The van der Waals surface area contributed by atoms with Gasteiger partial charge in [-0.05, 0) is 43.9 Å². The van der Waals surface area contributed by atoms with Gasteiger partial charge in [-0.15, -0.1) is 0 Å². The molecular weight excluding hydrogens is 392 g/mol. The molecule has 158 valence electrons. The summed E-state index contributed by atoms with van der Waals surface area (Å²) in [5, 5.41) is 3.30. The number of anilines is 1. The maximum atomic E-state index is 12.7. The smallest absolute Gasteiger partial charge is 0.244 e. The van der Waals surface area contributed by atoms with Crippen molar-refractivity contribution >= 4 is 15.8 Å². The average Bonchev–Trinajstić information content (AvgIpc) is 2.75. The molecule has 8 nitrogen and oxygen atoms in total. The molecule has 0 radical (unpaired) electrons. The van der Waals surface area contributed by atoms with Crippen LogP contribution in [0.3, 0.4) is 0 Å². The van der Waals surface area contributed by atoms with Gasteiger partial charge >= 0.3 is 0 Å². The number of nitrogens with zero attached hydrogens (tertiary/aromatic N) is 3. The van der Waals surface area contributed by atoms with E-state index in [2.05, 4.69) is 21.3 Å². The number of ether oxygens (including phenoxy) is 2.